The van der Waals surface area contributed by atoms with E-state index in [4.69, 9.17) is 14.6 Å². The fourth-order valence-corrected chi connectivity index (χ4v) is 1.66. The zero-order valence-corrected chi connectivity index (χ0v) is 11.6. The van der Waals surface area contributed by atoms with E-state index in [-0.39, 0.29) is 11.1 Å². The van der Waals surface area contributed by atoms with Gasteiger partial charge in [0.25, 0.3) is 0 Å². The number of hydrogen-bond acceptors (Lipinski definition) is 4. The molecule has 2 N–H and O–H groups in total. The molecule has 0 amide bonds. The maximum Gasteiger partial charge on any atom is 0.335 e. The van der Waals surface area contributed by atoms with Gasteiger partial charge in [-0.2, -0.15) is 0 Å². The van der Waals surface area contributed by atoms with Crippen molar-refractivity contribution in [3.8, 4) is 5.75 Å². The number of carbonyl (C=O) groups is 1. The van der Waals surface area contributed by atoms with Crippen LogP contribution in [0.15, 0.2) is 24.3 Å². The van der Waals surface area contributed by atoms with E-state index in [0.717, 1.165) is 0 Å². The van der Waals surface area contributed by atoms with Gasteiger partial charge in [-0.1, -0.05) is 0 Å². The predicted molar refractivity (Wildman–Crippen MR) is 72.9 cm³/mol. The Bertz CT molecular complexity index is 400. The Kier molecular flexibility index (Phi) is 5.79. The summed E-state index contributed by atoms with van der Waals surface area (Å²) < 4.78 is 10.6. The molecule has 19 heavy (non-hydrogen) atoms. The Morgan fingerprint density at radius 1 is 1.32 bits per heavy atom. The van der Waals surface area contributed by atoms with Crippen LogP contribution in [-0.4, -0.2) is 43.5 Å². The van der Waals surface area contributed by atoms with E-state index in [9.17, 15) is 4.79 Å². The van der Waals surface area contributed by atoms with Crippen LogP contribution in [0.4, 0.5) is 0 Å². The predicted octanol–water partition coefficient (Wildman–Crippen LogP) is 1.78. The Morgan fingerprint density at radius 3 is 2.47 bits per heavy atom. The zero-order chi connectivity index (χ0) is 14.3. The van der Waals surface area contributed by atoms with E-state index < -0.39 is 5.97 Å². The third-order valence-electron chi connectivity index (χ3n) is 2.58. The van der Waals surface area contributed by atoms with E-state index in [1.807, 2.05) is 0 Å². The molecule has 106 valence electrons. The monoisotopic (exact) mass is 267 g/mol. The van der Waals surface area contributed by atoms with Crippen molar-refractivity contribution in [2.45, 2.75) is 19.4 Å². The van der Waals surface area contributed by atoms with Gasteiger partial charge in [-0.05, 0) is 38.1 Å². The Labute approximate surface area is 113 Å². The highest BCUT2D eigenvalue weighted by molar-refractivity contribution is 5.87. The first-order valence-electron chi connectivity index (χ1n) is 6.15. The van der Waals surface area contributed by atoms with Gasteiger partial charge in [-0.15, -0.1) is 0 Å². The van der Waals surface area contributed by atoms with Gasteiger partial charge in [0.1, 0.15) is 12.4 Å². The minimum Gasteiger partial charge on any atom is -0.492 e. The first-order valence-corrected chi connectivity index (χ1v) is 6.15. The summed E-state index contributed by atoms with van der Waals surface area (Å²) in [6.45, 7) is 5.94. The molecule has 1 rings (SSSR count). The number of carboxylic acids is 1. The van der Waals surface area contributed by atoms with Crippen molar-refractivity contribution < 1.29 is 19.4 Å². The van der Waals surface area contributed by atoms with Crippen molar-refractivity contribution in [2.75, 3.05) is 26.9 Å². The van der Waals surface area contributed by atoms with Crippen LogP contribution in [0, 0.1) is 0 Å². The molecule has 5 heteroatoms. The maximum atomic E-state index is 10.7. The lowest BCUT2D eigenvalue weighted by Gasteiger charge is -2.25. The van der Waals surface area contributed by atoms with Crippen molar-refractivity contribution in [1.29, 1.82) is 0 Å². The lowest BCUT2D eigenvalue weighted by Crippen LogP contribution is -2.45. The molecular formula is C14H21NO4. The number of methoxy groups -OCH3 is 1. The molecule has 0 radical (unpaired) electrons. The minimum atomic E-state index is -0.936. The second-order valence-electron chi connectivity index (χ2n) is 4.92. The molecule has 0 fully saturated rings. The van der Waals surface area contributed by atoms with E-state index in [0.29, 0.717) is 25.5 Å². The highest BCUT2D eigenvalue weighted by Gasteiger charge is 2.15. The summed E-state index contributed by atoms with van der Waals surface area (Å²) in [6.07, 6.45) is 0. The van der Waals surface area contributed by atoms with Gasteiger partial charge in [-0.3, -0.25) is 0 Å². The van der Waals surface area contributed by atoms with Crippen molar-refractivity contribution >= 4 is 5.97 Å². The molecular weight excluding hydrogens is 246 g/mol. The molecule has 0 saturated heterocycles. The quantitative estimate of drug-likeness (QED) is 0.703. The van der Waals surface area contributed by atoms with Crippen molar-refractivity contribution in [1.82, 2.24) is 5.32 Å². The summed E-state index contributed by atoms with van der Waals surface area (Å²) in [5.74, 6) is -0.272. The van der Waals surface area contributed by atoms with Crippen LogP contribution in [0.5, 0.6) is 5.75 Å². The fourth-order valence-electron chi connectivity index (χ4n) is 1.66. The fraction of sp³-hybridized carbons (Fsp3) is 0.500. The average molecular weight is 267 g/mol. The smallest absolute Gasteiger partial charge is 0.335 e. The largest absolute Gasteiger partial charge is 0.492 e. The molecule has 0 bridgehead atoms. The van der Waals surface area contributed by atoms with Crippen LogP contribution in [0.2, 0.25) is 0 Å². The van der Waals surface area contributed by atoms with Gasteiger partial charge in [0.15, 0.2) is 0 Å². The zero-order valence-electron chi connectivity index (χ0n) is 11.6. The van der Waals surface area contributed by atoms with Crippen LogP contribution in [0.25, 0.3) is 0 Å². The van der Waals surface area contributed by atoms with Gasteiger partial charge in [0.05, 0.1) is 12.2 Å². The van der Waals surface area contributed by atoms with Crippen LogP contribution in [0.3, 0.4) is 0 Å². The molecule has 0 unspecified atom stereocenters. The van der Waals surface area contributed by atoms with Crippen molar-refractivity contribution in [3.63, 3.8) is 0 Å². The molecule has 0 saturated carbocycles. The van der Waals surface area contributed by atoms with Crippen molar-refractivity contribution in [3.05, 3.63) is 29.8 Å². The van der Waals surface area contributed by atoms with Gasteiger partial charge < -0.3 is 19.9 Å². The summed E-state index contributed by atoms with van der Waals surface area (Å²) in [5.41, 5.74) is 0.164. The Morgan fingerprint density at radius 2 is 1.95 bits per heavy atom. The molecule has 5 nitrogen and oxygen atoms in total. The second-order valence-corrected chi connectivity index (χ2v) is 4.92. The van der Waals surface area contributed by atoms with E-state index in [1.165, 1.54) is 12.1 Å². The Balaban J connectivity index is 2.31. The summed E-state index contributed by atoms with van der Waals surface area (Å²) in [7, 11) is 1.67. The minimum absolute atomic E-state index is 0.0920. The number of benzene rings is 1. The second kappa shape index (κ2) is 7.11. The number of ether oxygens (including phenoxy) is 2. The first kappa shape index (κ1) is 15.5. The van der Waals surface area contributed by atoms with Crippen LogP contribution < -0.4 is 10.1 Å². The highest BCUT2D eigenvalue weighted by Crippen LogP contribution is 2.12. The third kappa shape index (κ3) is 5.72. The van der Waals surface area contributed by atoms with Crippen LogP contribution in [0.1, 0.15) is 24.2 Å². The number of rotatable bonds is 8. The number of carboxylic acid groups (broad SMARTS) is 1. The summed E-state index contributed by atoms with van der Waals surface area (Å²) in [5, 5.41) is 12.1. The van der Waals surface area contributed by atoms with Gasteiger partial charge in [0.2, 0.25) is 0 Å². The number of aromatic carboxylic acids is 1. The lowest BCUT2D eigenvalue weighted by atomic mass is 10.1. The number of nitrogens with one attached hydrogen (secondary N) is 1. The average Bonchev–Trinajstić information content (AvgIpc) is 2.35. The molecule has 0 heterocycles. The van der Waals surface area contributed by atoms with Crippen molar-refractivity contribution in [2.24, 2.45) is 0 Å². The normalized spacial score (nSPS) is 11.3. The standard InChI is InChI=1S/C14H21NO4/c1-14(2,10-18-3)15-8-9-19-12-6-4-11(5-7-12)13(16)17/h4-7,15H,8-10H2,1-3H3,(H,16,17). The van der Waals surface area contributed by atoms with E-state index in [1.54, 1.807) is 19.2 Å². The maximum absolute atomic E-state index is 10.7. The lowest BCUT2D eigenvalue weighted by molar-refractivity contribution is 0.0697. The topological polar surface area (TPSA) is 67.8 Å². The summed E-state index contributed by atoms with van der Waals surface area (Å²) in [4.78, 5) is 10.7. The highest BCUT2D eigenvalue weighted by atomic mass is 16.5. The number of hydrogen-bond donors (Lipinski definition) is 2. The molecule has 0 aliphatic rings. The van der Waals surface area contributed by atoms with Gasteiger partial charge in [-0.25, -0.2) is 4.79 Å². The molecule has 0 spiro atoms. The Hall–Kier alpha value is -1.59. The van der Waals surface area contributed by atoms with Crippen LogP contribution >= 0.6 is 0 Å². The van der Waals surface area contributed by atoms with E-state index in [2.05, 4.69) is 19.2 Å². The SMILES string of the molecule is COCC(C)(C)NCCOc1ccc(C(=O)O)cc1. The molecule has 1 aromatic carbocycles. The molecule has 0 aliphatic heterocycles. The van der Waals surface area contributed by atoms with Gasteiger partial charge in [0, 0.05) is 19.2 Å². The summed E-state index contributed by atoms with van der Waals surface area (Å²) in [6, 6.07) is 6.37. The molecule has 0 aromatic heterocycles. The summed E-state index contributed by atoms with van der Waals surface area (Å²) >= 11 is 0. The molecule has 1 aromatic rings. The first-order chi connectivity index (χ1) is 8.94. The van der Waals surface area contributed by atoms with Gasteiger partial charge >= 0.3 is 5.97 Å². The molecule has 0 aliphatic carbocycles. The van der Waals surface area contributed by atoms with Crippen LogP contribution in [-0.2, 0) is 4.74 Å². The van der Waals surface area contributed by atoms with E-state index >= 15 is 0 Å². The third-order valence-corrected chi connectivity index (χ3v) is 2.58. The molecule has 0 atom stereocenters.